The monoisotopic (exact) mass is 397 g/mol. The van der Waals surface area contributed by atoms with Crippen LogP contribution in [0.3, 0.4) is 0 Å². The number of carbonyl (C=O) groups excluding carboxylic acids is 1. The molecule has 0 atom stereocenters. The minimum absolute atomic E-state index is 0.149. The highest BCUT2D eigenvalue weighted by Crippen LogP contribution is 2.34. The Labute approximate surface area is 167 Å². The molecule has 1 aliphatic rings. The van der Waals surface area contributed by atoms with E-state index in [9.17, 15) is 9.59 Å². The zero-order chi connectivity index (χ0) is 19.7. The molecule has 2 amide bonds. The van der Waals surface area contributed by atoms with Gasteiger partial charge in [-0.15, -0.1) is 0 Å². The molecular weight excluding hydrogens is 378 g/mol. The Morgan fingerprint density at radius 2 is 1.86 bits per heavy atom. The van der Waals surface area contributed by atoms with Crippen LogP contribution in [0.15, 0.2) is 51.7 Å². The van der Waals surface area contributed by atoms with Crippen molar-refractivity contribution in [1.82, 2.24) is 0 Å². The number of hydrogen-bond donors (Lipinski definition) is 2. The highest BCUT2D eigenvalue weighted by atomic mass is 35.5. The lowest BCUT2D eigenvalue weighted by Crippen LogP contribution is -2.28. The van der Waals surface area contributed by atoms with Gasteiger partial charge in [-0.3, -0.25) is 5.32 Å². The Morgan fingerprint density at radius 3 is 2.61 bits per heavy atom. The van der Waals surface area contributed by atoms with Crippen LogP contribution < -0.4 is 21.2 Å². The van der Waals surface area contributed by atoms with Gasteiger partial charge >= 0.3 is 11.7 Å². The van der Waals surface area contributed by atoms with Crippen molar-refractivity contribution in [2.45, 2.75) is 19.8 Å². The summed E-state index contributed by atoms with van der Waals surface area (Å²) in [5, 5.41) is 6.77. The number of rotatable bonds is 3. The van der Waals surface area contributed by atoms with Gasteiger partial charge in [0.15, 0.2) is 5.69 Å². The van der Waals surface area contributed by atoms with Crippen LogP contribution in [-0.2, 0) is 0 Å². The number of nitrogens with zero attached hydrogens (tertiary/aromatic N) is 1. The predicted octanol–water partition coefficient (Wildman–Crippen LogP) is 5.00. The number of nitrogens with one attached hydrogen (secondary N) is 2. The second kappa shape index (κ2) is 7.56. The summed E-state index contributed by atoms with van der Waals surface area (Å²) in [7, 11) is 0. The molecular formula is C21H20ClN3O3. The summed E-state index contributed by atoms with van der Waals surface area (Å²) in [5.74, 6) is 0. The number of carbonyl (C=O) groups is 1. The van der Waals surface area contributed by atoms with Crippen molar-refractivity contribution in [3.63, 3.8) is 0 Å². The third-order valence-corrected chi connectivity index (χ3v) is 5.28. The molecule has 2 N–H and O–H groups in total. The number of fused-ring (bicyclic) bond motifs is 1. The van der Waals surface area contributed by atoms with Gasteiger partial charge in [0.05, 0.1) is 5.69 Å². The van der Waals surface area contributed by atoms with Crippen molar-refractivity contribution in [1.29, 1.82) is 0 Å². The molecule has 2 aromatic carbocycles. The Balaban J connectivity index is 1.70. The van der Waals surface area contributed by atoms with Crippen LogP contribution in [0.5, 0.6) is 0 Å². The van der Waals surface area contributed by atoms with Gasteiger partial charge in [-0.2, -0.15) is 0 Å². The van der Waals surface area contributed by atoms with E-state index in [1.165, 1.54) is 0 Å². The maximum absolute atomic E-state index is 12.6. The van der Waals surface area contributed by atoms with Crippen LogP contribution in [0.4, 0.5) is 21.9 Å². The highest BCUT2D eigenvalue weighted by Gasteiger charge is 2.23. The molecule has 0 radical (unpaired) electrons. The van der Waals surface area contributed by atoms with Crippen molar-refractivity contribution in [2.24, 2.45) is 0 Å². The Hall–Kier alpha value is -2.99. The lowest BCUT2D eigenvalue weighted by atomic mass is 10.1. The number of amides is 2. The average Bonchev–Trinajstić information content (AvgIpc) is 3.19. The van der Waals surface area contributed by atoms with Crippen molar-refractivity contribution >= 4 is 45.7 Å². The lowest BCUT2D eigenvalue weighted by molar-refractivity contribution is 0.262. The molecule has 4 rings (SSSR count). The SMILES string of the molecule is Cc1ccc(NC(=O)Nc2c(N3CCCC3)c3ccccc3oc2=O)cc1Cl. The first-order chi connectivity index (χ1) is 13.5. The average molecular weight is 398 g/mol. The van der Waals surface area contributed by atoms with E-state index in [0.717, 1.165) is 36.9 Å². The number of benzene rings is 2. The number of hydrogen-bond acceptors (Lipinski definition) is 4. The molecule has 1 saturated heterocycles. The van der Waals surface area contributed by atoms with Gasteiger partial charge in [-0.25, -0.2) is 9.59 Å². The van der Waals surface area contributed by atoms with Gasteiger partial charge in [0, 0.05) is 29.2 Å². The summed E-state index contributed by atoms with van der Waals surface area (Å²) in [6.45, 7) is 3.55. The zero-order valence-corrected chi connectivity index (χ0v) is 16.2. The van der Waals surface area contributed by atoms with Crippen LogP contribution in [0.25, 0.3) is 11.0 Å². The van der Waals surface area contributed by atoms with E-state index in [2.05, 4.69) is 15.5 Å². The number of anilines is 3. The lowest BCUT2D eigenvalue weighted by Gasteiger charge is -2.22. The van der Waals surface area contributed by atoms with Crippen molar-refractivity contribution in [2.75, 3.05) is 28.6 Å². The largest absolute Gasteiger partial charge is 0.421 e. The second-order valence-electron chi connectivity index (χ2n) is 6.85. The van der Waals surface area contributed by atoms with Crippen molar-refractivity contribution in [3.05, 3.63) is 63.5 Å². The number of aryl methyl sites for hydroxylation is 1. The third-order valence-electron chi connectivity index (χ3n) is 4.88. The fraction of sp³-hybridized carbons (Fsp3) is 0.238. The molecule has 0 saturated carbocycles. The maximum atomic E-state index is 12.6. The summed E-state index contributed by atoms with van der Waals surface area (Å²) >= 11 is 6.12. The van der Waals surface area contributed by atoms with Crippen molar-refractivity contribution in [3.8, 4) is 0 Å². The van der Waals surface area contributed by atoms with E-state index in [4.69, 9.17) is 16.0 Å². The van der Waals surface area contributed by atoms with E-state index in [0.29, 0.717) is 22.0 Å². The highest BCUT2D eigenvalue weighted by molar-refractivity contribution is 6.31. The van der Waals surface area contributed by atoms with Gasteiger partial charge in [0.1, 0.15) is 5.58 Å². The van der Waals surface area contributed by atoms with Gasteiger partial charge in [-0.1, -0.05) is 29.8 Å². The molecule has 144 valence electrons. The third kappa shape index (κ3) is 3.55. The topological polar surface area (TPSA) is 74.6 Å². The molecule has 3 aromatic rings. The quantitative estimate of drug-likeness (QED) is 0.610. The van der Waals surface area contributed by atoms with E-state index in [1.54, 1.807) is 18.2 Å². The summed E-state index contributed by atoms with van der Waals surface area (Å²) in [6.07, 6.45) is 2.09. The van der Waals surface area contributed by atoms with E-state index < -0.39 is 11.7 Å². The molecule has 2 heterocycles. The summed E-state index contributed by atoms with van der Waals surface area (Å²) in [5.41, 5.74) is 2.25. The first kappa shape index (κ1) is 18.4. The van der Waals surface area contributed by atoms with E-state index in [-0.39, 0.29) is 5.69 Å². The molecule has 1 aromatic heterocycles. The van der Waals surface area contributed by atoms with E-state index in [1.807, 2.05) is 31.2 Å². The Morgan fingerprint density at radius 1 is 1.11 bits per heavy atom. The van der Waals surface area contributed by atoms with Gasteiger partial charge < -0.3 is 14.6 Å². The number of urea groups is 1. The fourth-order valence-corrected chi connectivity index (χ4v) is 3.64. The minimum atomic E-state index is -0.572. The smallest absolute Gasteiger partial charge is 0.362 e. The molecule has 0 unspecified atom stereocenters. The van der Waals surface area contributed by atoms with Gasteiger partial charge in [-0.05, 0) is 49.6 Å². The minimum Gasteiger partial charge on any atom is -0.421 e. The van der Waals surface area contributed by atoms with Crippen molar-refractivity contribution < 1.29 is 9.21 Å². The Bertz CT molecular complexity index is 1100. The van der Waals surface area contributed by atoms with Crippen LogP contribution >= 0.6 is 11.6 Å². The molecule has 7 heteroatoms. The summed E-state index contributed by atoms with van der Waals surface area (Å²) < 4.78 is 5.43. The van der Waals surface area contributed by atoms with Crippen LogP contribution in [0.1, 0.15) is 18.4 Å². The molecule has 1 aliphatic heterocycles. The first-order valence-electron chi connectivity index (χ1n) is 9.18. The number of halogens is 1. The number of para-hydroxylation sites is 1. The van der Waals surface area contributed by atoms with Gasteiger partial charge in [0.2, 0.25) is 0 Å². The molecule has 6 nitrogen and oxygen atoms in total. The molecule has 1 fully saturated rings. The van der Waals surface area contributed by atoms with Crippen LogP contribution in [0.2, 0.25) is 5.02 Å². The van der Waals surface area contributed by atoms with E-state index >= 15 is 0 Å². The van der Waals surface area contributed by atoms with Crippen LogP contribution in [-0.4, -0.2) is 19.1 Å². The molecule has 0 aliphatic carbocycles. The summed E-state index contributed by atoms with van der Waals surface area (Å²) in [6, 6.07) is 12.1. The summed E-state index contributed by atoms with van der Waals surface area (Å²) in [4.78, 5) is 27.3. The fourth-order valence-electron chi connectivity index (χ4n) is 3.46. The Kier molecular flexibility index (Phi) is 4.96. The molecule has 28 heavy (non-hydrogen) atoms. The normalized spacial score (nSPS) is 13.7. The zero-order valence-electron chi connectivity index (χ0n) is 15.4. The molecule has 0 spiro atoms. The molecule has 0 bridgehead atoms. The predicted molar refractivity (Wildman–Crippen MR) is 113 cm³/mol. The standard InChI is InChI=1S/C21H20ClN3O3/c1-13-8-9-14(12-16(13)22)23-21(27)24-18-19(25-10-4-5-11-25)15-6-2-3-7-17(15)28-20(18)26/h2-3,6-9,12H,4-5,10-11H2,1H3,(H2,23,24,27). The van der Waals surface area contributed by atoms with Crippen LogP contribution in [0, 0.1) is 6.92 Å². The second-order valence-corrected chi connectivity index (χ2v) is 7.25. The first-order valence-corrected chi connectivity index (χ1v) is 9.55. The maximum Gasteiger partial charge on any atom is 0.362 e. The van der Waals surface area contributed by atoms with Gasteiger partial charge in [0.25, 0.3) is 0 Å².